The van der Waals surface area contributed by atoms with Gasteiger partial charge in [-0.3, -0.25) is 0 Å². The molecule has 0 bridgehead atoms. The topological polar surface area (TPSA) is 55.8 Å². The van der Waals surface area contributed by atoms with Gasteiger partial charge in [0.15, 0.2) is 0 Å². The molecular weight excluding hydrogens is 339 g/mol. The summed E-state index contributed by atoms with van der Waals surface area (Å²) < 4.78 is 10.6. The summed E-state index contributed by atoms with van der Waals surface area (Å²) in [4.78, 5) is 12.2. The van der Waals surface area contributed by atoms with Gasteiger partial charge in [0.05, 0.1) is 0 Å². The predicted octanol–water partition coefficient (Wildman–Crippen LogP) is 3.78. The number of hydrogen-bond acceptors (Lipinski definition) is 4. The number of carbonyl (C=O) groups is 1. The summed E-state index contributed by atoms with van der Waals surface area (Å²) in [6.07, 6.45) is 0.154. The molecular formula is C17H12Cl2O4. The lowest BCUT2D eigenvalue weighted by Gasteiger charge is -2.22. The molecule has 3 rings (SSSR count). The average molecular weight is 351 g/mol. The lowest BCUT2D eigenvalue weighted by atomic mass is 10.0. The number of ether oxygens (including phenoxy) is 2. The molecule has 4 nitrogen and oxygen atoms in total. The lowest BCUT2D eigenvalue weighted by molar-refractivity contribution is -0.133. The maximum Gasteiger partial charge on any atom is 0.345 e. The van der Waals surface area contributed by atoms with Crippen LogP contribution in [0.5, 0.6) is 11.5 Å². The fourth-order valence-electron chi connectivity index (χ4n) is 2.15. The number of alkyl halides is 1. The van der Waals surface area contributed by atoms with Crippen molar-refractivity contribution in [3.63, 3.8) is 0 Å². The minimum Gasteiger partial charge on any atom is -0.460 e. The number of benzene rings is 2. The first-order valence-corrected chi connectivity index (χ1v) is 7.71. The Morgan fingerprint density at radius 1 is 1.22 bits per heavy atom. The van der Waals surface area contributed by atoms with Crippen molar-refractivity contribution in [2.24, 2.45) is 0 Å². The Kier molecular flexibility index (Phi) is 4.57. The Hall–Kier alpha value is -2.01. The van der Waals surface area contributed by atoms with Gasteiger partial charge in [0, 0.05) is 16.5 Å². The number of rotatable bonds is 3. The maximum atomic E-state index is 12.2. The fourth-order valence-corrected chi connectivity index (χ4v) is 2.44. The summed E-state index contributed by atoms with van der Waals surface area (Å²) in [7, 11) is 0. The van der Waals surface area contributed by atoms with E-state index in [1.165, 1.54) is 6.08 Å². The second-order valence-corrected chi connectivity index (χ2v) is 5.62. The van der Waals surface area contributed by atoms with Crippen LogP contribution < -0.4 is 9.47 Å². The van der Waals surface area contributed by atoms with Crippen molar-refractivity contribution in [2.75, 3.05) is 0 Å². The highest BCUT2D eigenvalue weighted by molar-refractivity contribution is 6.30. The van der Waals surface area contributed by atoms with Gasteiger partial charge in [-0.05, 0) is 48.0 Å². The average Bonchev–Trinajstić information content (AvgIpc) is 2.55. The first-order chi connectivity index (χ1) is 11.1. The molecule has 1 N–H and O–H groups in total. The van der Waals surface area contributed by atoms with E-state index in [-0.39, 0.29) is 5.57 Å². The Labute approximate surface area is 142 Å². The highest BCUT2D eigenvalue weighted by Gasteiger charge is 2.27. The van der Waals surface area contributed by atoms with E-state index in [4.69, 9.17) is 32.7 Å². The molecule has 118 valence electrons. The van der Waals surface area contributed by atoms with Crippen LogP contribution in [0.25, 0.3) is 6.08 Å². The van der Waals surface area contributed by atoms with Crippen LogP contribution in [0, 0.1) is 0 Å². The van der Waals surface area contributed by atoms with Crippen molar-refractivity contribution in [1.29, 1.82) is 0 Å². The summed E-state index contributed by atoms with van der Waals surface area (Å²) in [5, 5.41) is 10.5. The van der Waals surface area contributed by atoms with Crippen molar-refractivity contribution in [1.82, 2.24) is 0 Å². The van der Waals surface area contributed by atoms with Gasteiger partial charge < -0.3 is 14.6 Å². The van der Waals surface area contributed by atoms with Crippen LogP contribution in [0.3, 0.4) is 0 Å². The minimum atomic E-state index is -1.39. The molecule has 1 unspecified atom stereocenters. The first kappa shape index (κ1) is 15.9. The molecule has 1 aliphatic rings. The summed E-state index contributed by atoms with van der Waals surface area (Å²) in [5.41, 5.74) is 1.56. The quantitative estimate of drug-likeness (QED) is 0.520. The van der Waals surface area contributed by atoms with E-state index in [1.54, 1.807) is 42.5 Å². The normalized spacial score (nSPS) is 16.1. The molecule has 1 aliphatic heterocycles. The van der Waals surface area contributed by atoms with Crippen molar-refractivity contribution in [2.45, 2.75) is 12.2 Å². The third-order valence-electron chi connectivity index (χ3n) is 3.30. The van der Waals surface area contributed by atoms with E-state index in [0.29, 0.717) is 28.0 Å². The molecule has 0 saturated carbocycles. The van der Waals surface area contributed by atoms with E-state index >= 15 is 0 Å². The maximum absolute atomic E-state index is 12.2. The van der Waals surface area contributed by atoms with Gasteiger partial charge in [-0.2, -0.15) is 0 Å². The van der Waals surface area contributed by atoms with Gasteiger partial charge in [0.25, 0.3) is 0 Å². The van der Waals surface area contributed by atoms with Crippen molar-refractivity contribution < 1.29 is 19.4 Å². The number of hydrogen-bond donors (Lipinski definition) is 1. The largest absolute Gasteiger partial charge is 0.460 e. The third kappa shape index (κ3) is 3.50. The third-order valence-corrected chi connectivity index (χ3v) is 3.86. The van der Waals surface area contributed by atoms with E-state index in [9.17, 15) is 9.90 Å². The van der Waals surface area contributed by atoms with Gasteiger partial charge in [-0.1, -0.05) is 17.7 Å². The standard InChI is InChI=1S/C17H12Cl2O4/c18-9-10-1-6-15-11(7-10)8-14(17(21)23-15)16(20)22-13-4-2-12(19)3-5-13/h1-8,17,21H,9H2. The van der Waals surface area contributed by atoms with Crippen LogP contribution in [0.4, 0.5) is 0 Å². The lowest BCUT2D eigenvalue weighted by Crippen LogP contribution is -2.29. The summed E-state index contributed by atoms with van der Waals surface area (Å²) >= 11 is 11.6. The molecule has 0 fully saturated rings. The molecule has 0 aliphatic carbocycles. The molecule has 0 radical (unpaired) electrons. The van der Waals surface area contributed by atoms with Crippen LogP contribution in [0.1, 0.15) is 11.1 Å². The summed E-state index contributed by atoms with van der Waals surface area (Å²) in [6.45, 7) is 0. The van der Waals surface area contributed by atoms with Crippen LogP contribution in [-0.4, -0.2) is 17.4 Å². The van der Waals surface area contributed by atoms with Crippen LogP contribution in [0.15, 0.2) is 48.0 Å². The van der Waals surface area contributed by atoms with E-state index in [2.05, 4.69) is 0 Å². The second-order valence-electron chi connectivity index (χ2n) is 4.92. The van der Waals surface area contributed by atoms with Gasteiger partial charge >= 0.3 is 5.97 Å². The van der Waals surface area contributed by atoms with E-state index < -0.39 is 12.3 Å². The predicted molar refractivity (Wildman–Crippen MR) is 87.7 cm³/mol. The summed E-state index contributed by atoms with van der Waals surface area (Å²) in [5.74, 6) is 0.456. The van der Waals surface area contributed by atoms with Gasteiger partial charge in [0.1, 0.15) is 17.1 Å². The molecule has 0 spiro atoms. The molecule has 0 aromatic heterocycles. The zero-order chi connectivity index (χ0) is 16.4. The molecule has 0 saturated heterocycles. The fraction of sp³-hybridized carbons (Fsp3) is 0.118. The number of aliphatic hydroxyl groups is 1. The van der Waals surface area contributed by atoms with Crippen molar-refractivity contribution in [3.8, 4) is 11.5 Å². The van der Waals surface area contributed by atoms with E-state index in [0.717, 1.165) is 5.56 Å². The molecule has 2 aromatic carbocycles. The van der Waals surface area contributed by atoms with Crippen LogP contribution in [0.2, 0.25) is 5.02 Å². The Balaban J connectivity index is 1.86. The number of carbonyl (C=O) groups excluding carboxylic acids is 1. The zero-order valence-corrected chi connectivity index (χ0v) is 13.3. The molecule has 23 heavy (non-hydrogen) atoms. The van der Waals surface area contributed by atoms with Gasteiger partial charge in [-0.25, -0.2) is 4.79 Å². The number of esters is 1. The Morgan fingerprint density at radius 2 is 1.96 bits per heavy atom. The van der Waals surface area contributed by atoms with Crippen LogP contribution in [-0.2, 0) is 10.7 Å². The monoisotopic (exact) mass is 350 g/mol. The Bertz CT molecular complexity index is 769. The Morgan fingerprint density at radius 3 is 2.65 bits per heavy atom. The molecule has 0 amide bonds. The molecule has 2 aromatic rings. The molecule has 1 heterocycles. The number of halogens is 2. The zero-order valence-electron chi connectivity index (χ0n) is 11.8. The molecule has 1 atom stereocenters. The van der Waals surface area contributed by atoms with E-state index in [1.807, 2.05) is 0 Å². The highest BCUT2D eigenvalue weighted by atomic mass is 35.5. The second kappa shape index (κ2) is 6.62. The van der Waals surface area contributed by atoms with Gasteiger partial charge in [-0.15, -0.1) is 11.6 Å². The SMILES string of the molecule is O=C(Oc1ccc(Cl)cc1)C1=Cc2cc(CCl)ccc2OC1O. The van der Waals surface area contributed by atoms with Crippen LogP contribution >= 0.6 is 23.2 Å². The number of fused-ring (bicyclic) bond motifs is 1. The van der Waals surface area contributed by atoms with Gasteiger partial charge in [0.2, 0.25) is 6.29 Å². The first-order valence-electron chi connectivity index (χ1n) is 6.80. The summed E-state index contributed by atoms with van der Waals surface area (Å²) in [6, 6.07) is 11.6. The number of aliphatic hydroxyl groups excluding tert-OH is 1. The minimum absolute atomic E-state index is 0.0131. The van der Waals surface area contributed by atoms with Crippen molar-refractivity contribution in [3.05, 3.63) is 64.2 Å². The highest BCUT2D eigenvalue weighted by Crippen LogP contribution is 2.31. The smallest absolute Gasteiger partial charge is 0.345 e. The van der Waals surface area contributed by atoms with Crippen molar-refractivity contribution >= 4 is 35.2 Å². The molecule has 6 heteroatoms.